The zero-order valence-electron chi connectivity index (χ0n) is 19.2. The van der Waals surface area contributed by atoms with Gasteiger partial charge in [-0.25, -0.2) is 0 Å². The summed E-state index contributed by atoms with van der Waals surface area (Å²) < 4.78 is 11.2. The second kappa shape index (κ2) is 12.0. The summed E-state index contributed by atoms with van der Waals surface area (Å²) in [5.74, 6) is 1.24. The summed E-state index contributed by atoms with van der Waals surface area (Å²) in [6.45, 7) is 8.61. The first-order chi connectivity index (χ1) is 14.9. The van der Waals surface area contributed by atoms with Crippen molar-refractivity contribution in [3.63, 3.8) is 0 Å². The van der Waals surface area contributed by atoms with Crippen LogP contribution in [0.3, 0.4) is 0 Å². The fraction of sp³-hybridized carbons (Fsp3) is 0.440. The Labute approximate surface area is 185 Å². The van der Waals surface area contributed by atoms with E-state index in [1.807, 2.05) is 55.5 Å². The molecular formula is C25H34N2O4. The maximum atomic E-state index is 13.2. The van der Waals surface area contributed by atoms with Crippen molar-refractivity contribution in [1.29, 1.82) is 0 Å². The molecule has 0 unspecified atom stereocenters. The summed E-state index contributed by atoms with van der Waals surface area (Å²) >= 11 is 0. The van der Waals surface area contributed by atoms with Gasteiger partial charge in [0.2, 0.25) is 5.91 Å². The van der Waals surface area contributed by atoms with E-state index >= 15 is 0 Å². The van der Waals surface area contributed by atoms with Crippen LogP contribution < -0.4 is 14.8 Å². The van der Waals surface area contributed by atoms with Crippen molar-refractivity contribution < 1.29 is 19.1 Å². The summed E-state index contributed by atoms with van der Waals surface area (Å²) in [4.78, 5) is 27.3. The molecule has 6 heteroatoms. The molecule has 0 radical (unpaired) electrons. The molecule has 2 aromatic carbocycles. The van der Waals surface area contributed by atoms with Crippen molar-refractivity contribution >= 4 is 11.8 Å². The molecule has 0 aliphatic carbocycles. The first kappa shape index (κ1) is 24.3. The van der Waals surface area contributed by atoms with Gasteiger partial charge in [-0.2, -0.15) is 0 Å². The number of hydrogen-bond acceptors (Lipinski definition) is 4. The van der Waals surface area contributed by atoms with Crippen LogP contribution in [0.5, 0.6) is 11.5 Å². The molecular weight excluding hydrogens is 392 g/mol. The standard InChI is InChI=1S/C25H34N2O4/c1-6-14-26-25(29)19(4)27(16-20-10-9-11-21(15-20)30-5)24(28)17-31-23-13-8-7-12-22(23)18(2)3/h7-13,15,18-19H,6,14,16-17H2,1-5H3,(H,26,29)/t19-/m1/s1. The highest BCUT2D eigenvalue weighted by atomic mass is 16.5. The van der Waals surface area contributed by atoms with E-state index < -0.39 is 6.04 Å². The third-order valence-electron chi connectivity index (χ3n) is 5.10. The second-order valence-corrected chi connectivity index (χ2v) is 7.82. The first-order valence-corrected chi connectivity index (χ1v) is 10.8. The molecule has 1 atom stereocenters. The quantitative estimate of drug-likeness (QED) is 0.586. The van der Waals surface area contributed by atoms with Crippen LogP contribution in [0.4, 0.5) is 0 Å². The number of para-hydroxylation sites is 1. The molecule has 0 aliphatic heterocycles. The number of carbonyl (C=O) groups excluding carboxylic acids is 2. The maximum Gasteiger partial charge on any atom is 0.261 e. The Hall–Kier alpha value is -3.02. The molecule has 0 saturated heterocycles. The van der Waals surface area contributed by atoms with Crippen LogP contribution in [0, 0.1) is 0 Å². The van der Waals surface area contributed by atoms with Crippen LogP contribution in [0.25, 0.3) is 0 Å². The number of ether oxygens (including phenoxy) is 2. The smallest absolute Gasteiger partial charge is 0.261 e. The fourth-order valence-electron chi connectivity index (χ4n) is 3.26. The van der Waals surface area contributed by atoms with E-state index in [-0.39, 0.29) is 30.9 Å². The average Bonchev–Trinajstić information content (AvgIpc) is 2.79. The van der Waals surface area contributed by atoms with E-state index in [9.17, 15) is 9.59 Å². The Morgan fingerprint density at radius 2 is 1.81 bits per heavy atom. The second-order valence-electron chi connectivity index (χ2n) is 7.82. The monoisotopic (exact) mass is 426 g/mol. The molecule has 2 rings (SSSR count). The van der Waals surface area contributed by atoms with Gasteiger partial charge >= 0.3 is 0 Å². The number of nitrogens with zero attached hydrogens (tertiary/aromatic N) is 1. The van der Waals surface area contributed by atoms with Crippen molar-refractivity contribution in [2.75, 3.05) is 20.3 Å². The third kappa shape index (κ3) is 7.02. The molecule has 6 nitrogen and oxygen atoms in total. The Kier molecular flexibility index (Phi) is 9.38. The van der Waals surface area contributed by atoms with Gasteiger partial charge in [0.1, 0.15) is 17.5 Å². The van der Waals surface area contributed by atoms with Gasteiger partial charge in [0.05, 0.1) is 7.11 Å². The number of carbonyl (C=O) groups is 2. The van der Waals surface area contributed by atoms with Crippen molar-refractivity contribution in [2.24, 2.45) is 0 Å². The number of hydrogen-bond donors (Lipinski definition) is 1. The molecule has 2 aromatic rings. The van der Waals surface area contributed by atoms with Crippen LogP contribution in [-0.4, -0.2) is 43.0 Å². The van der Waals surface area contributed by atoms with Gasteiger partial charge in [0.25, 0.3) is 5.91 Å². The van der Waals surface area contributed by atoms with Crippen LogP contribution in [0.15, 0.2) is 48.5 Å². The number of benzene rings is 2. The highest BCUT2D eigenvalue weighted by Gasteiger charge is 2.26. The van der Waals surface area contributed by atoms with Gasteiger partial charge in [-0.15, -0.1) is 0 Å². The minimum atomic E-state index is -0.630. The fourth-order valence-corrected chi connectivity index (χ4v) is 3.26. The van der Waals surface area contributed by atoms with Gasteiger partial charge in [-0.05, 0) is 48.6 Å². The minimum absolute atomic E-state index is 0.140. The largest absolute Gasteiger partial charge is 0.497 e. The van der Waals surface area contributed by atoms with Crippen molar-refractivity contribution in [3.8, 4) is 11.5 Å². The van der Waals surface area contributed by atoms with E-state index in [0.29, 0.717) is 18.0 Å². The molecule has 0 fully saturated rings. The molecule has 2 amide bonds. The highest BCUT2D eigenvalue weighted by molar-refractivity contribution is 5.88. The van der Waals surface area contributed by atoms with Crippen LogP contribution in [0.1, 0.15) is 51.2 Å². The Morgan fingerprint density at radius 1 is 1.06 bits per heavy atom. The minimum Gasteiger partial charge on any atom is -0.497 e. The Bertz CT molecular complexity index is 866. The molecule has 31 heavy (non-hydrogen) atoms. The summed E-state index contributed by atoms with van der Waals surface area (Å²) in [6, 6.07) is 14.6. The number of nitrogens with one attached hydrogen (secondary N) is 1. The lowest BCUT2D eigenvalue weighted by Gasteiger charge is -2.29. The number of rotatable bonds is 11. The Morgan fingerprint density at radius 3 is 2.48 bits per heavy atom. The summed E-state index contributed by atoms with van der Waals surface area (Å²) in [6.07, 6.45) is 0.831. The highest BCUT2D eigenvalue weighted by Crippen LogP contribution is 2.26. The summed E-state index contributed by atoms with van der Waals surface area (Å²) in [5, 5.41) is 2.88. The summed E-state index contributed by atoms with van der Waals surface area (Å²) in [5.41, 5.74) is 1.92. The summed E-state index contributed by atoms with van der Waals surface area (Å²) in [7, 11) is 1.60. The predicted molar refractivity (Wildman–Crippen MR) is 122 cm³/mol. The maximum absolute atomic E-state index is 13.2. The van der Waals surface area contributed by atoms with E-state index in [4.69, 9.17) is 9.47 Å². The van der Waals surface area contributed by atoms with Gasteiger partial charge in [-0.3, -0.25) is 9.59 Å². The lowest BCUT2D eigenvalue weighted by atomic mass is 10.0. The zero-order valence-corrected chi connectivity index (χ0v) is 19.2. The van der Waals surface area contributed by atoms with Crippen molar-refractivity contribution in [1.82, 2.24) is 10.2 Å². The van der Waals surface area contributed by atoms with Crippen molar-refractivity contribution in [3.05, 3.63) is 59.7 Å². The Balaban J connectivity index is 2.20. The predicted octanol–water partition coefficient (Wildman–Crippen LogP) is 4.14. The van der Waals surface area contributed by atoms with E-state index in [2.05, 4.69) is 19.2 Å². The molecule has 1 N–H and O–H groups in total. The average molecular weight is 427 g/mol. The van der Waals surface area contributed by atoms with E-state index in [1.54, 1.807) is 18.9 Å². The normalized spacial score (nSPS) is 11.7. The van der Waals surface area contributed by atoms with E-state index in [1.165, 1.54) is 0 Å². The number of amides is 2. The zero-order chi connectivity index (χ0) is 22.8. The van der Waals surface area contributed by atoms with Gasteiger partial charge in [0, 0.05) is 13.1 Å². The van der Waals surface area contributed by atoms with Crippen LogP contribution in [-0.2, 0) is 16.1 Å². The van der Waals surface area contributed by atoms with Crippen LogP contribution in [0.2, 0.25) is 0 Å². The van der Waals surface area contributed by atoms with Gasteiger partial charge < -0.3 is 19.7 Å². The molecule has 168 valence electrons. The SMILES string of the molecule is CCCNC(=O)[C@@H](C)N(Cc1cccc(OC)c1)C(=O)COc1ccccc1C(C)C. The van der Waals surface area contributed by atoms with Crippen LogP contribution >= 0.6 is 0 Å². The lowest BCUT2D eigenvalue weighted by Crippen LogP contribution is -2.49. The molecule has 0 spiro atoms. The van der Waals surface area contributed by atoms with Gasteiger partial charge in [-0.1, -0.05) is 51.1 Å². The molecule has 0 bridgehead atoms. The van der Waals surface area contributed by atoms with Crippen molar-refractivity contribution in [2.45, 2.75) is 52.6 Å². The lowest BCUT2D eigenvalue weighted by molar-refractivity contribution is -0.142. The first-order valence-electron chi connectivity index (χ1n) is 10.8. The molecule has 0 saturated carbocycles. The number of methoxy groups -OCH3 is 1. The molecule has 0 heterocycles. The molecule has 0 aromatic heterocycles. The third-order valence-corrected chi connectivity index (χ3v) is 5.10. The topological polar surface area (TPSA) is 67.9 Å². The molecule has 0 aliphatic rings. The van der Waals surface area contributed by atoms with E-state index in [0.717, 1.165) is 17.5 Å². The van der Waals surface area contributed by atoms with Gasteiger partial charge in [0.15, 0.2) is 6.61 Å².